The van der Waals surface area contributed by atoms with E-state index in [1.165, 1.54) is 18.4 Å². The standard InChI is InChI=1S/C16H20N2O/c17-11-14-5-3-4-9-18(14)12-13-8-10-19-16-7-2-1-6-15(13)16/h1-2,6-7,13-14H,3-5,8-10,12H2. The lowest BCUT2D eigenvalue weighted by atomic mass is 9.91. The number of rotatable bonds is 2. The van der Waals surface area contributed by atoms with Gasteiger partial charge in [0.2, 0.25) is 0 Å². The maximum atomic E-state index is 9.27. The van der Waals surface area contributed by atoms with Gasteiger partial charge in [0.1, 0.15) is 5.75 Å². The van der Waals surface area contributed by atoms with Gasteiger partial charge in [0.05, 0.1) is 18.7 Å². The molecule has 1 aromatic rings. The van der Waals surface area contributed by atoms with Gasteiger partial charge < -0.3 is 4.74 Å². The van der Waals surface area contributed by atoms with Crippen molar-refractivity contribution in [2.75, 3.05) is 19.7 Å². The van der Waals surface area contributed by atoms with Crippen LogP contribution in [0.4, 0.5) is 0 Å². The summed E-state index contributed by atoms with van der Waals surface area (Å²) in [6.45, 7) is 2.86. The van der Waals surface area contributed by atoms with Crippen LogP contribution >= 0.6 is 0 Å². The van der Waals surface area contributed by atoms with E-state index in [2.05, 4.69) is 29.2 Å². The molecule has 0 aromatic heterocycles. The van der Waals surface area contributed by atoms with E-state index in [9.17, 15) is 5.26 Å². The largest absolute Gasteiger partial charge is 0.493 e. The molecule has 100 valence electrons. The Morgan fingerprint density at radius 2 is 2.16 bits per heavy atom. The quantitative estimate of drug-likeness (QED) is 0.816. The van der Waals surface area contributed by atoms with Gasteiger partial charge in [-0.15, -0.1) is 0 Å². The Balaban J connectivity index is 1.75. The zero-order valence-electron chi connectivity index (χ0n) is 11.2. The fourth-order valence-electron chi connectivity index (χ4n) is 3.24. The van der Waals surface area contributed by atoms with Gasteiger partial charge in [-0.05, 0) is 43.9 Å². The summed E-state index contributed by atoms with van der Waals surface area (Å²) in [7, 11) is 0. The third-order valence-corrected chi connectivity index (χ3v) is 4.30. The average Bonchev–Trinajstić information content (AvgIpc) is 2.48. The summed E-state index contributed by atoms with van der Waals surface area (Å²) in [6, 6.07) is 10.9. The van der Waals surface area contributed by atoms with Gasteiger partial charge in [-0.2, -0.15) is 5.26 Å². The summed E-state index contributed by atoms with van der Waals surface area (Å²) in [6.07, 6.45) is 4.51. The molecule has 2 heterocycles. The summed E-state index contributed by atoms with van der Waals surface area (Å²) in [5.41, 5.74) is 1.32. The van der Waals surface area contributed by atoms with Gasteiger partial charge in [-0.3, -0.25) is 4.90 Å². The van der Waals surface area contributed by atoms with Crippen LogP contribution in [0.15, 0.2) is 24.3 Å². The monoisotopic (exact) mass is 256 g/mol. The van der Waals surface area contributed by atoms with Crippen molar-refractivity contribution in [1.82, 2.24) is 4.90 Å². The normalized spacial score (nSPS) is 27.1. The molecule has 3 rings (SSSR count). The number of likely N-dealkylation sites (tertiary alicyclic amines) is 1. The first-order chi connectivity index (χ1) is 9.38. The van der Waals surface area contributed by atoms with Crippen LogP contribution in [-0.4, -0.2) is 30.6 Å². The topological polar surface area (TPSA) is 36.3 Å². The van der Waals surface area contributed by atoms with E-state index in [1.54, 1.807) is 0 Å². The van der Waals surface area contributed by atoms with E-state index in [4.69, 9.17) is 4.74 Å². The molecule has 0 bridgehead atoms. The van der Waals surface area contributed by atoms with Crippen molar-refractivity contribution >= 4 is 0 Å². The summed E-state index contributed by atoms with van der Waals surface area (Å²) < 4.78 is 5.71. The molecule has 3 heteroatoms. The number of hydrogen-bond donors (Lipinski definition) is 0. The minimum atomic E-state index is 0.115. The van der Waals surface area contributed by atoms with Crippen LogP contribution < -0.4 is 4.74 Å². The van der Waals surface area contributed by atoms with Gasteiger partial charge in [0, 0.05) is 12.5 Å². The van der Waals surface area contributed by atoms with Gasteiger partial charge in [0.25, 0.3) is 0 Å². The number of para-hydroxylation sites is 1. The van der Waals surface area contributed by atoms with E-state index in [0.29, 0.717) is 5.92 Å². The van der Waals surface area contributed by atoms with Crippen LogP contribution in [0.25, 0.3) is 0 Å². The second kappa shape index (κ2) is 5.63. The molecule has 0 N–H and O–H groups in total. The second-order valence-corrected chi connectivity index (χ2v) is 5.51. The zero-order valence-corrected chi connectivity index (χ0v) is 11.2. The second-order valence-electron chi connectivity index (χ2n) is 5.51. The summed E-state index contributed by atoms with van der Waals surface area (Å²) in [5, 5.41) is 9.27. The predicted octanol–water partition coefficient (Wildman–Crippen LogP) is 2.93. The smallest absolute Gasteiger partial charge is 0.122 e. The number of nitriles is 1. The van der Waals surface area contributed by atoms with Gasteiger partial charge in [0.15, 0.2) is 0 Å². The van der Waals surface area contributed by atoms with Gasteiger partial charge >= 0.3 is 0 Å². The molecular formula is C16H20N2O. The van der Waals surface area contributed by atoms with Crippen molar-refractivity contribution in [2.24, 2.45) is 0 Å². The Morgan fingerprint density at radius 3 is 3.05 bits per heavy atom. The maximum Gasteiger partial charge on any atom is 0.122 e. The molecule has 2 atom stereocenters. The highest BCUT2D eigenvalue weighted by molar-refractivity contribution is 5.38. The molecule has 0 spiro atoms. The summed E-state index contributed by atoms with van der Waals surface area (Å²) in [5.74, 6) is 1.54. The first-order valence-corrected chi connectivity index (χ1v) is 7.24. The Labute approximate surface area is 114 Å². The first kappa shape index (κ1) is 12.5. The third-order valence-electron chi connectivity index (χ3n) is 4.30. The molecule has 2 aliphatic heterocycles. The van der Waals surface area contributed by atoms with Crippen molar-refractivity contribution in [2.45, 2.75) is 37.6 Å². The van der Waals surface area contributed by atoms with Crippen LogP contribution in [-0.2, 0) is 0 Å². The van der Waals surface area contributed by atoms with Crippen LogP contribution in [0.1, 0.15) is 37.2 Å². The fourth-order valence-corrected chi connectivity index (χ4v) is 3.24. The van der Waals surface area contributed by atoms with E-state index >= 15 is 0 Å². The van der Waals surface area contributed by atoms with Crippen molar-refractivity contribution < 1.29 is 4.74 Å². The molecule has 2 unspecified atom stereocenters. The average molecular weight is 256 g/mol. The Hall–Kier alpha value is -1.53. The molecule has 1 saturated heterocycles. The van der Waals surface area contributed by atoms with Crippen LogP contribution in [0.2, 0.25) is 0 Å². The molecule has 1 fully saturated rings. The minimum absolute atomic E-state index is 0.115. The zero-order chi connectivity index (χ0) is 13.1. The van der Waals surface area contributed by atoms with Crippen LogP contribution in [0, 0.1) is 11.3 Å². The highest BCUT2D eigenvalue weighted by atomic mass is 16.5. The van der Waals surface area contributed by atoms with E-state index in [1.807, 2.05) is 6.07 Å². The number of benzene rings is 1. The van der Waals surface area contributed by atoms with E-state index in [-0.39, 0.29) is 6.04 Å². The maximum absolute atomic E-state index is 9.27. The lowest BCUT2D eigenvalue weighted by molar-refractivity contribution is 0.156. The number of ether oxygens (including phenoxy) is 1. The van der Waals surface area contributed by atoms with E-state index < -0.39 is 0 Å². The molecule has 0 saturated carbocycles. The number of piperidine rings is 1. The highest BCUT2D eigenvalue weighted by Gasteiger charge is 2.28. The SMILES string of the molecule is N#CC1CCCCN1CC1CCOc2ccccc21. The van der Waals surface area contributed by atoms with Crippen molar-refractivity contribution in [3.63, 3.8) is 0 Å². The molecule has 0 amide bonds. The number of fused-ring (bicyclic) bond motifs is 1. The fraction of sp³-hybridized carbons (Fsp3) is 0.562. The van der Waals surface area contributed by atoms with Gasteiger partial charge in [-0.25, -0.2) is 0 Å². The summed E-state index contributed by atoms with van der Waals surface area (Å²) in [4.78, 5) is 2.37. The van der Waals surface area contributed by atoms with E-state index in [0.717, 1.165) is 38.3 Å². The number of nitrogens with zero attached hydrogens (tertiary/aromatic N) is 2. The van der Waals surface area contributed by atoms with Crippen molar-refractivity contribution in [3.8, 4) is 11.8 Å². The molecule has 19 heavy (non-hydrogen) atoms. The molecular weight excluding hydrogens is 236 g/mol. The molecule has 0 aliphatic carbocycles. The Kier molecular flexibility index (Phi) is 3.70. The number of hydrogen-bond acceptors (Lipinski definition) is 3. The molecule has 1 aromatic carbocycles. The first-order valence-electron chi connectivity index (χ1n) is 7.24. The molecule has 2 aliphatic rings. The van der Waals surface area contributed by atoms with Crippen molar-refractivity contribution in [3.05, 3.63) is 29.8 Å². The van der Waals surface area contributed by atoms with Crippen LogP contribution in [0.3, 0.4) is 0 Å². The Bertz CT molecular complexity index is 480. The molecule has 0 radical (unpaired) electrons. The molecule has 3 nitrogen and oxygen atoms in total. The van der Waals surface area contributed by atoms with Crippen molar-refractivity contribution in [1.29, 1.82) is 5.26 Å². The minimum Gasteiger partial charge on any atom is -0.493 e. The Morgan fingerprint density at radius 1 is 1.26 bits per heavy atom. The lowest BCUT2D eigenvalue weighted by Gasteiger charge is -2.36. The summed E-state index contributed by atoms with van der Waals surface area (Å²) >= 11 is 0. The predicted molar refractivity (Wildman–Crippen MR) is 74.1 cm³/mol. The lowest BCUT2D eigenvalue weighted by Crippen LogP contribution is -2.41. The van der Waals surface area contributed by atoms with Crippen LogP contribution in [0.5, 0.6) is 5.75 Å². The highest BCUT2D eigenvalue weighted by Crippen LogP contribution is 2.34. The third kappa shape index (κ3) is 2.59. The van der Waals surface area contributed by atoms with Gasteiger partial charge in [-0.1, -0.05) is 18.2 Å².